The summed E-state index contributed by atoms with van der Waals surface area (Å²) in [6.45, 7) is 6.11. The maximum Gasteiger partial charge on any atom is 0.163 e. The fraction of sp³-hybridized carbons (Fsp3) is 0.875. The van der Waals surface area contributed by atoms with Gasteiger partial charge in [-0.1, -0.05) is 13.8 Å². The van der Waals surface area contributed by atoms with Crippen LogP contribution in [-0.2, 0) is 4.79 Å². The van der Waals surface area contributed by atoms with Crippen molar-refractivity contribution in [2.24, 2.45) is 5.92 Å². The van der Waals surface area contributed by atoms with Crippen molar-refractivity contribution in [2.75, 3.05) is 0 Å². The van der Waals surface area contributed by atoms with E-state index in [1.807, 2.05) is 0 Å². The molecule has 0 saturated carbocycles. The Kier molecular flexibility index (Phi) is 3.20. The Morgan fingerprint density at radius 1 is 1.45 bits per heavy atom. The molecule has 3 nitrogen and oxygen atoms in total. The molecule has 0 rings (SSSR count). The van der Waals surface area contributed by atoms with Gasteiger partial charge in [0.05, 0.1) is 6.10 Å². The second-order valence-electron chi connectivity index (χ2n) is 3.39. The minimum atomic E-state index is -1.60. The molecule has 0 aromatic heterocycles. The third-order valence-electron chi connectivity index (χ3n) is 1.92. The maximum absolute atomic E-state index is 10.8. The van der Waals surface area contributed by atoms with E-state index in [2.05, 4.69) is 0 Å². The van der Waals surface area contributed by atoms with Crippen molar-refractivity contribution in [2.45, 2.75) is 39.4 Å². The Hall–Kier alpha value is -0.410. The number of Topliss-reactive ketones (excluding diaryl/α,β-unsaturated/α-hetero) is 1. The maximum atomic E-state index is 10.8. The first kappa shape index (κ1) is 10.6. The number of ketones is 1. The summed E-state index contributed by atoms with van der Waals surface area (Å²) in [5.74, 6) is -0.521. The highest BCUT2D eigenvalue weighted by molar-refractivity contribution is 5.84. The van der Waals surface area contributed by atoms with E-state index in [9.17, 15) is 15.0 Å². The minimum absolute atomic E-state index is 0.117. The highest BCUT2D eigenvalue weighted by Gasteiger charge is 2.36. The van der Waals surface area contributed by atoms with Gasteiger partial charge in [-0.05, 0) is 19.8 Å². The van der Waals surface area contributed by atoms with Gasteiger partial charge in [-0.15, -0.1) is 0 Å². The summed E-state index contributed by atoms with van der Waals surface area (Å²) in [6.07, 6.45) is -0.986. The average Bonchev–Trinajstić information content (AvgIpc) is 1.85. The van der Waals surface area contributed by atoms with Crippen LogP contribution in [0.1, 0.15) is 27.7 Å². The van der Waals surface area contributed by atoms with Gasteiger partial charge in [0.25, 0.3) is 0 Å². The third kappa shape index (κ3) is 2.27. The quantitative estimate of drug-likeness (QED) is 0.626. The van der Waals surface area contributed by atoms with Crippen molar-refractivity contribution in [1.82, 2.24) is 0 Å². The Balaban J connectivity index is 4.42. The van der Waals surface area contributed by atoms with E-state index in [0.29, 0.717) is 0 Å². The van der Waals surface area contributed by atoms with Gasteiger partial charge in [0.1, 0.15) is 5.60 Å². The lowest BCUT2D eigenvalue weighted by Crippen LogP contribution is -2.48. The van der Waals surface area contributed by atoms with Crippen molar-refractivity contribution in [3.05, 3.63) is 0 Å². The van der Waals surface area contributed by atoms with Crippen LogP contribution in [0.25, 0.3) is 0 Å². The molecule has 2 N–H and O–H groups in total. The standard InChI is InChI=1S/C8H16O3/c1-5(2)7(10)8(4,11)6(3)9/h5,7,10-11H,1-4H3/t7-,8+/m1/s1. The zero-order chi connectivity index (χ0) is 9.23. The fourth-order valence-electron chi connectivity index (χ4n) is 0.857. The van der Waals surface area contributed by atoms with Crippen molar-refractivity contribution >= 4 is 5.78 Å². The first-order valence-electron chi connectivity index (χ1n) is 3.71. The van der Waals surface area contributed by atoms with Gasteiger partial charge in [0.15, 0.2) is 5.78 Å². The van der Waals surface area contributed by atoms with E-state index in [4.69, 9.17) is 0 Å². The number of carbonyl (C=O) groups excluding carboxylic acids is 1. The SMILES string of the molecule is CC(=O)[C@](C)(O)[C@H](O)C(C)C. The molecule has 0 amide bonds. The topological polar surface area (TPSA) is 57.5 Å². The summed E-state index contributed by atoms with van der Waals surface area (Å²) in [5, 5.41) is 18.8. The van der Waals surface area contributed by atoms with Gasteiger partial charge in [-0.2, -0.15) is 0 Å². The molecule has 0 aromatic carbocycles. The van der Waals surface area contributed by atoms with Gasteiger partial charge in [-0.3, -0.25) is 4.79 Å². The molecule has 0 saturated heterocycles. The van der Waals surface area contributed by atoms with E-state index in [1.54, 1.807) is 13.8 Å². The van der Waals surface area contributed by atoms with Crippen LogP contribution in [-0.4, -0.2) is 27.7 Å². The zero-order valence-corrected chi connectivity index (χ0v) is 7.46. The van der Waals surface area contributed by atoms with Crippen molar-refractivity contribution in [3.63, 3.8) is 0 Å². The second kappa shape index (κ2) is 3.32. The van der Waals surface area contributed by atoms with Gasteiger partial charge in [-0.25, -0.2) is 0 Å². The molecule has 11 heavy (non-hydrogen) atoms. The highest BCUT2D eigenvalue weighted by atomic mass is 16.3. The van der Waals surface area contributed by atoms with Crippen LogP contribution < -0.4 is 0 Å². The molecule has 0 heterocycles. The highest BCUT2D eigenvalue weighted by Crippen LogP contribution is 2.17. The van der Waals surface area contributed by atoms with Crippen molar-refractivity contribution < 1.29 is 15.0 Å². The van der Waals surface area contributed by atoms with Crippen LogP contribution in [0, 0.1) is 5.92 Å². The molecule has 0 radical (unpaired) electrons. The third-order valence-corrected chi connectivity index (χ3v) is 1.92. The molecular formula is C8H16O3. The number of hydrogen-bond acceptors (Lipinski definition) is 3. The Labute approximate surface area is 67.0 Å². The summed E-state index contributed by atoms with van der Waals surface area (Å²) in [6, 6.07) is 0. The lowest BCUT2D eigenvalue weighted by atomic mass is 9.88. The smallest absolute Gasteiger partial charge is 0.163 e. The molecule has 0 spiro atoms. The van der Waals surface area contributed by atoms with Gasteiger partial charge in [0.2, 0.25) is 0 Å². The first-order valence-corrected chi connectivity index (χ1v) is 3.71. The van der Waals surface area contributed by atoms with E-state index in [-0.39, 0.29) is 5.92 Å². The Morgan fingerprint density at radius 3 is 1.91 bits per heavy atom. The lowest BCUT2D eigenvalue weighted by Gasteiger charge is -2.28. The minimum Gasteiger partial charge on any atom is -0.389 e. The van der Waals surface area contributed by atoms with E-state index >= 15 is 0 Å². The van der Waals surface area contributed by atoms with Crippen molar-refractivity contribution in [3.8, 4) is 0 Å². The van der Waals surface area contributed by atoms with Crippen LogP contribution in [0.4, 0.5) is 0 Å². The Morgan fingerprint density at radius 2 is 1.82 bits per heavy atom. The van der Waals surface area contributed by atoms with Crippen LogP contribution >= 0.6 is 0 Å². The molecule has 0 aromatic rings. The predicted molar refractivity (Wildman–Crippen MR) is 42.1 cm³/mol. The van der Waals surface area contributed by atoms with E-state index < -0.39 is 17.5 Å². The lowest BCUT2D eigenvalue weighted by molar-refractivity contribution is -0.148. The van der Waals surface area contributed by atoms with Crippen LogP contribution in [0.15, 0.2) is 0 Å². The summed E-state index contributed by atoms with van der Waals surface area (Å²) in [5.41, 5.74) is -1.60. The summed E-state index contributed by atoms with van der Waals surface area (Å²) in [7, 11) is 0. The summed E-state index contributed by atoms with van der Waals surface area (Å²) in [4.78, 5) is 10.8. The first-order chi connectivity index (χ1) is 4.80. The molecule has 0 aliphatic rings. The molecule has 2 atom stereocenters. The number of rotatable bonds is 3. The molecule has 0 unspecified atom stereocenters. The average molecular weight is 160 g/mol. The number of carbonyl (C=O) groups is 1. The number of hydrogen-bond donors (Lipinski definition) is 2. The predicted octanol–water partition coefficient (Wildman–Crippen LogP) is 0.343. The molecule has 66 valence electrons. The second-order valence-corrected chi connectivity index (χ2v) is 3.39. The van der Waals surface area contributed by atoms with Crippen LogP contribution in [0.2, 0.25) is 0 Å². The summed E-state index contributed by atoms with van der Waals surface area (Å²) >= 11 is 0. The fourth-order valence-corrected chi connectivity index (χ4v) is 0.857. The molecular weight excluding hydrogens is 144 g/mol. The molecule has 0 aliphatic carbocycles. The normalized spacial score (nSPS) is 19.5. The molecule has 0 aliphatic heterocycles. The number of aliphatic hydroxyl groups excluding tert-OH is 1. The monoisotopic (exact) mass is 160 g/mol. The van der Waals surface area contributed by atoms with Crippen LogP contribution in [0.5, 0.6) is 0 Å². The van der Waals surface area contributed by atoms with E-state index in [1.165, 1.54) is 13.8 Å². The molecule has 3 heteroatoms. The summed E-state index contributed by atoms with van der Waals surface area (Å²) < 4.78 is 0. The zero-order valence-electron chi connectivity index (χ0n) is 7.46. The number of aliphatic hydroxyl groups is 2. The largest absolute Gasteiger partial charge is 0.389 e. The van der Waals surface area contributed by atoms with Crippen molar-refractivity contribution in [1.29, 1.82) is 0 Å². The van der Waals surface area contributed by atoms with Gasteiger partial charge >= 0.3 is 0 Å². The van der Waals surface area contributed by atoms with Gasteiger partial charge in [0, 0.05) is 0 Å². The van der Waals surface area contributed by atoms with Crippen LogP contribution in [0.3, 0.4) is 0 Å². The Bertz CT molecular complexity index is 149. The molecule has 0 fully saturated rings. The van der Waals surface area contributed by atoms with E-state index in [0.717, 1.165) is 0 Å². The van der Waals surface area contributed by atoms with Gasteiger partial charge < -0.3 is 10.2 Å². The molecule has 0 bridgehead atoms.